The van der Waals surface area contributed by atoms with Crippen LogP contribution in [0.3, 0.4) is 0 Å². The zero-order valence-corrected chi connectivity index (χ0v) is 13.0. The lowest BCUT2D eigenvalue weighted by molar-refractivity contribution is -0.140. The summed E-state index contributed by atoms with van der Waals surface area (Å²) >= 11 is 8.88. The second-order valence-electron chi connectivity index (χ2n) is 4.40. The minimum atomic E-state index is -1.14. The largest absolute Gasteiger partial charge is 0.480 e. The Morgan fingerprint density at radius 1 is 1.40 bits per heavy atom. The van der Waals surface area contributed by atoms with Gasteiger partial charge in [-0.05, 0) is 34.0 Å². The molecule has 0 radical (unpaired) electrons. The minimum Gasteiger partial charge on any atom is -0.480 e. The van der Waals surface area contributed by atoms with E-state index in [-0.39, 0.29) is 21.1 Å². The molecule has 0 unspecified atom stereocenters. The van der Waals surface area contributed by atoms with Crippen LogP contribution in [0, 0.1) is 11.7 Å². The first kappa shape index (κ1) is 16.7. The number of nitrogens with one attached hydrogen (secondary N) is 2. The fourth-order valence-corrected chi connectivity index (χ4v) is 2.36. The first-order valence-corrected chi connectivity index (χ1v) is 6.84. The van der Waals surface area contributed by atoms with Crippen LogP contribution in [0.2, 0.25) is 5.02 Å². The van der Waals surface area contributed by atoms with Gasteiger partial charge < -0.3 is 15.7 Å². The van der Waals surface area contributed by atoms with Crippen LogP contribution < -0.4 is 10.6 Å². The van der Waals surface area contributed by atoms with Crippen molar-refractivity contribution >= 4 is 45.2 Å². The van der Waals surface area contributed by atoms with Gasteiger partial charge in [0.15, 0.2) is 0 Å². The maximum absolute atomic E-state index is 13.0. The van der Waals surface area contributed by atoms with Crippen LogP contribution in [-0.2, 0) is 4.79 Å². The van der Waals surface area contributed by atoms with Crippen molar-refractivity contribution in [3.63, 3.8) is 0 Å². The van der Waals surface area contributed by atoms with E-state index in [9.17, 15) is 14.0 Å². The fourth-order valence-electron chi connectivity index (χ4n) is 1.47. The summed E-state index contributed by atoms with van der Waals surface area (Å²) < 4.78 is 13.3. The topological polar surface area (TPSA) is 78.4 Å². The number of amides is 2. The van der Waals surface area contributed by atoms with Crippen molar-refractivity contribution in [2.75, 3.05) is 5.32 Å². The van der Waals surface area contributed by atoms with Gasteiger partial charge in [-0.1, -0.05) is 25.4 Å². The molecule has 1 aromatic rings. The monoisotopic (exact) mass is 366 g/mol. The first-order valence-electron chi connectivity index (χ1n) is 5.67. The van der Waals surface area contributed by atoms with E-state index < -0.39 is 23.9 Å². The van der Waals surface area contributed by atoms with Crippen LogP contribution in [-0.4, -0.2) is 23.1 Å². The standard InChI is InChI=1S/C12H13BrClFN2O3/c1-5(2)9(11(18)19)16-12(20)17-10-7(13)3-6(15)4-8(10)14/h3-5,9H,1-2H3,(H,18,19)(H2,16,17,20)/t9-/m0/s1. The Hall–Kier alpha value is -1.34. The number of carboxylic acid groups (broad SMARTS) is 1. The van der Waals surface area contributed by atoms with Crippen LogP contribution in [0.5, 0.6) is 0 Å². The second-order valence-corrected chi connectivity index (χ2v) is 5.66. The average Bonchev–Trinajstić information content (AvgIpc) is 2.29. The van der Waals surface area contributed by atoms with Crippen molar-refractivity contribution in [3.8, 4) is 0 Å². The van der Waals surface area contributed by atoms with Crippen molar-refractivity contribution in [1.82, 2.24) is 5.32 Å². The molecule has 5 nitrogen and oxygen atoms in total. The molecule has 0 aliphatic heterocycles. The Bertz CT molecular complexity index is 516. The van der Waals surface area contributed by atoms with Crippen LogP contribution >= 0.6 is 27.5 Å². The van der Waals surface area contributed by atoms with Crippen LogP contribution in [0.25, 0.3) is 0 Å². The molecule has 2 amide bonds. The molecular weight excluding hydrogens is 354 g/mol. The number of rotatable bonds is 4. The Labute approximate surface area is 128 Å². The van der Waals surface area contributed by atoms with Crippen LogP contribution in [0.1, 0.15) is 13.8 Å². The lowest BCUT2D eigenvalue weighted by Gasteiger charge is -2.19. The predicted octanol–water partition coefficient (Wildman–Crippen LogP) is 3.47. The van der Waals surface area contributed by atoms with E-state index in [0.717, 1.165) is 12.1 Å². The minimum absolute atomic E-state index is 0.00319. The smallest absolute Gasteiger partial charge is 0.326 e. The van der Waals surface area contributed by atoms with E-state index in [1.54, 1.807) is 13.8 Å². The SMILES string of the molecule is CC(C)[C@H](NC(=O)Nc1c(Cl)cc(F)cc1Br)C(=O)O. The van der Waals surface area contributed by atoms with Crippen LogP contribution in [0.15, 0.2) is 16.6 Å². The zero-order valence-electron chi connectivity index (χ0n) is 10.7. The summed E-state index contributed by atoms with van der Waals surface area (Å²) in [6.45, 7) is 3.33. The molecular formula is C12H13BrClFN2O3. The number of carbonyl (C=O) groups is 2. The third-order valence-corrected chi connectivity index (χ3v) is 3.39. The number of urea groups is 1. The highest BCUT2D eigenvalue weighted by atomic mass is 79.9. The van der Waals surface area contributed by atoms with Crippen molar-refractivity contribution in [2.24, 2.45) is 5.92 Å². The van der Waals surface area contributed by atoms with Gasteiger partial charge in [-0.3, -0.25) is 0 Å². The number of hydrogen-bond donors (Lipinski definition) is 3. The maximum Gasteiger partial charge on any atom is 0.326 e. The van der Waals surface area contributed by atoms with E-state index in [4.69, 9.17) is 16.7 Å². The molecule has 1 rings (SSSR count). The van der Waals surface area contributed by atoms with Gasteiger partial charge in [0.2, 0.25) is 0 Å². The number of halogens is 3. The molecule has 110 valence electrons. The van der Waals surface area contributed by atoms with Gasteiger partial charge in [0.1, 0.15) is 11.9 Å². The van der Waals surface area contributed by atoms with E-state index in [2.05, 4.69) is 26.6 Å². The van der Waals surface area contributed by atoms with E-state index in [1.165, 1.54) is 0 Å². The molecule has 0 aromatic heterocycles. The van der Waals surface area contributed by atoms with Crippen molar-refractivity contribution in [2.45, 2.75) is 19.9 Å². The Kier molecular flexibility index (Phi) is 5.76. The molecule has 0 fully saturated rings. The number of carbonyl (C=O) groups excluding carboxylic acids is 1. The van der Waals surface area contributed by atoms with E-state index >= 15 is 0 Å². The number of carboxylic acids is 1. The van der Waals surface area contributed by atoms with E-state index in [1.807, 2.05) is 0 Å². The van der Waals surface area contributed by atoms with Gasteiger partial charge in [-0.2, -0.15) is 0 Å². The molecule has 0 bridgehead atoms. The summed E-state index contributed by atoms with van der Waals surface area (Å²) in [6, 6.07) is 0.408. The second kappa shape index (κ2) is 6.90. The normalized spacial score (nSPS) is 12.1. The number of anilines is 1. The Morgan fingerprint density at radius 3 is 2.45 bits per heavy atom. The summed E-state index contributed by atoms with van der Waals surface area (Å²) in [5, 5.41) is 13.7. The van der Waals surface area contributed by atoms with Gasteiger partial charge >= 0.3 is 12.0 Å². The fraction of sp³-hybridized carbons (Fsp3) is 0.333. The van der Waals surface area contributed by atoms with Gasteiger partial charge in [0, 0.05) is 4.47 Å². The van der Waals surface area contributed by atoms with E-state index in [0.29, 0.717) is 0 Å². The summed E-state index contributed by atoms with van der Waals surface area (Å²) in [5.74, 6) is -1.98. The lowest BCUT2D eigenvalue weighted by Crippen LogP contribution is -2.46. The quantitative estimate of drug-likeness (QED) is 0.762. The summed E-state index contributed by atoms with van der Waals surface area (Å²) in [4.78, 5) is 22.7. The Balaban J connectivity index is 2.84. The number of benzene rings is 1. The molecule has 8 heteroatoms. The summed E-state index contributed by atoms with van der Waals surface area (Å²) in [6.07, 6.45) is 0. The molecule has 1 atom stereocenters. The van der Waals surface area contributed by atoms with Crippen molar-refractivity contribution in [1.29, 1.82) is 0 Å². The molecule has 0 spiro atoms. The highest BCUT2D eigenvalue weighted by molar-refractivity contribution is 9.10. The molecule has 0 saturated heterocycles. The average molecular weight is 368 g/mol. The third-order valence-electron chi connectivity index (χ3n) is 2.46. The van der Waals surface area contributed by atoms with Gasteiger partial charge in [0.25, 0.3) is 0 Å². The molecule has 3 N–H and O–H groups in total. The number of aliphatic carboxylic acids is 1. The van der Waals surface area contributed by atoms with Gasteiger partial charge in [-0.25, -0.2) is 14.0 Å². The molecule has 0 saturated carbocycles. The summed E-state index contributed by atoms with van der Waals surface area (Å²) in [5.41, 5.74) is 0.165. The Morgan fingerprint density at radius 2 is 2.00 bits per heavy atom. The zero-order chi connectivity index (χ0) is 15.4. The highest BCUT2D eigenvalue weighted by Gasteiger charge is 2.24. The lowest BCUT2D eigenvalue weighted by atomic mass is 10.1. The summed E-state index contributed by atoms with van der Waals surface area (Å²) in [7, 11) is 0. The molecule has 0 heterocycles. The third kappa shape index (κ3) is 4.35. The van der Waals surface area contributed by atoms with Crippen LogP contribution in [0.4, 0.5) is 14.9 Å². The highest BCUT2D eigenvalue weighted by Crippen LogP contribution is 2.31. The first-order chi connectivity index (χ1) is 9.22. The predicted molar refractivity (Wildman–Crippen MR) is 77.5 cm³/mol. The molecule has 0 aliphatic carbocycles. The molecule has 20 heavy (non-hydrogen) atoms. The van der Waals surface area contributed by atoms with Gasteiger partial charge in [0.05, 0.1) is 10.7 Å². The maximum atomic E-state index is 13.0. The number of hydrogen-bond acceptors (Lipinski definition) is 2. The van der Waals surface area contributed by atoms with Crippen molar-refractivity contribution in [3.05, 3.63) is 27.4 Å². The molecule has 1 aromatic carbocycles. The van der Waals surface area contributed by atoms with Crippen molar-refractivity contribution < 1.29 is 19.1 Å². The molecule has 0 aliphatic rings. The van der Waals surface area contributed by atoms with Gasteiger partial charge in [-0.15, -0.1) is 0 Å².